The van der Waals surface area contributed by atoms with E-state index in [1.807, 2.05) is 12.3 Å². The molecule has 0 amide bonds. The molecular weight excluding hydrogens is 550 g/mol. The fourth-order valence-electron chi connectivity index (χ4n) is 7.22. The summed E-state index contributed by atoms with van der Waals surface area (Å²) in [5.41, 5.74) is 9.90. The molecule has 4 heterocycles. The lowest BCUT2D eigenvalue weighted by Gasteiger charge is -2.09. The van der Waals surface area contributed by atoms with Crippen LogP contribution in [0.2, 0.25) is 0 Å². The van der Waals surface area contributed by atoms with Gasteiger partial charge in [-0.15, -0.1) is 0 Å². The molecule has 0 unspecified atom stereocenters. The summed E-state index contributed by atoms with van der Waals surface area (Å²) in [5.74, 6) is 0.657. The highest BCUT2D eigenvalue weighted by Gasteiger charge is 2.19. The van der Waals surface area contributed by atoms with Crippen LogP contribution >= 0.6 is 0 Å². The molecule has 0 saturated carbocycles. The quantitative estimate of drug-likeness (QED) is 0.228. The van der Waals surface area contributed by atoms with Gasteiger partial charge in [0.25, 0.3) is 0 Å². The minimum Gasteiger partial charge on any atom is -0.354 e. The molecule has 5 heteroatoms. The topological polar surface area (TPSA) is 51.4 Å². The lowest BCUT2D eigenvalue weighted by molar-refractivity contribution is 0.992. The van der Waals surface area contributed by atoms with E-state index < -0.39 is 0 Å². The smallest absolute Gasteiger partial charge is 0.235 e. The minimum absolute atomic E-state index is 0.657. The summed E-state index contributed by atoms with van der Waals surface area (Å²) < 4.78 is 4.54. The van der Waals surface area contributed by atoms with Gasteiger partial charge in [-0.3, -0.25) is 4.57 Å². The van der Waals surface area contributed by atoms with Crippen LogP contribution in [0.4, 0.5) is 0 Å². The summed E-state index contributed by atoms with van der Waals surface area (Å²) >= 11 is 0. The predicted molar refractivity (Wildman–Crippen MR) is 186 cm³/mol. The number of H-pyrrole nitrogens is 1. The van der Waals surface area contributed by atoms with E-state index in [9.17, 15) is 0 Å². The first-order chi connectivity index (χ1) is 22.3. The highest BCUT2D eigenvalue weighted by molar-refractivity contribution is 6.28. The van der Waals surface area contributed by atoms with Crippen molar-refractivity contribution in [3.63, 3.8) is 0 Å². The largest absolute Gasteiger partial charge is 0.354 e. The first kappa shape index (κ1) is 24.3. The summed E-state index contributed by atoms with van der Waals surface area (Å²) in [4.78, 5) is 13.7. The summed E-state index contributed by atoms with van der Waals surface area (Å²) in [7, 11) is 0. The van der Waals surface area contributed by atoms with Crippen LogP contribution in [-0.2, 0) is 0 Å². The van der Waals surface area contributed by atoms with E-state index in [1.165, 1.54) is 43.4 Å². The van der Waals surface area contributed by atoms with E-state index in [0.717, 1.165) is 39.0 Å². The average Bonchev–Trinajstić information content (AvgIpc) is 3.76. The lowest BCUT2D eigenvalue weighted by atomic mass is 10.1. The van der Waals surface area contributed by atoms with Crippen molar-refractivity contribution < 1.29 is 0 Å². The van der Waals surface area contributed by atoms with Gasteiger partial charge in [-0.05, 0) is 60.7 Å². The molecule has 0 atom stereocenters. The third-order valence-electron chi connectivity index (χ3n) is 9.13. The Balaban J connectivity index is 1.20. The molecule has 210 valence electrons. The highest BCUT2D eigenvalue weighted by atomic mass is 15.2. The number of rotatable bonds is 3. The predicted octanol–water partition coefficient (Wildman–Crippen LogP) is 9.97. The summed E-state index contributed by atoms with van der Waals surface area (Å²) in [6.07, 6.45) is 1.87. The van der Waals surface area contributed by atoms with E-state index in [2.05, 4.69) is 148 Å². The number of aromatic nitrogens is 5. The van der Waals surface area contributed by atoms with Crippen LogP contribution in [0.15, 0.2) is 146 Å². The lowest BCUT2D eigenvalue weighted by Crippen LogP contribution is -2.01. The maximum atomic E-state index is 5.20. The molecule has 0 aliphatic heterocycles. The van der Waals surface area contributed by atoms with E-state index in [-0.39, 0.29) is 0 Å². The Labute approximate surface area is 257 Å². The number of hydrogen-bond acceptors (Lipinski definition) is 2. The molecule has 0 aliphatic rings. The van der Waals surface area contributed by atoms with Crippen LogP contribution < -0.4 is 0 Å². The monoisotopic (exact) mass is 575 g/mol. The van der Waals surface area contributed by atoms with E-state index in [0.29, 0.717) is 5.95 Å². The second-order valence-electron chi connectivity index (χ2n) is 11.6. The van der Waals surface area contributed by atoms with Gasteiger partial charge in [-0.25, -0.2) is 9.97 Å². The molecule has 0 fully saturated rings. The number of hydrogen-bond donors (Lipinski definition) is 1. The molecule has 10 rings (SSSR count). The molecule has 6 aromatic carbocycles. The Hall–Kier alpha value is -6.20. The Bertz CT molecular complexity index is 2760. The molecule has 1 N–H and O–H groups in total. The third kappa shape index (κ3) is 3.43. The Kier molecular flexibility index (Phi) is 4.93. The molecule has 10 aromatic rings. The van der Waals surface area contributed by atoms with Gasteiger partial charge >= 0.3 is 0 Å². The normalized spacial score (nSPS) is 12.0. The Morgan fingerprint density at radius 1 is 0.467 bits per heavy atom. The van der Waals surface area contributed by atoms with E-state index >= 15 is 0 Å². The van der Waals surface area contributed by atoms with Crippen molar-refractivity contribution in [2.45, 2.75) is 0 Å². The Morgan fingerprint density at radius 2 is 1.16 bits per heavy atom. The second kappa shape index (κ2) is 9.15. The molecule has 0 spiro atoms. The highest BCUT2D eigenvalue weighted by Crippen LogP contribution is 2.40. The van der Waals surface area contributed by atoms with Crippen molar-refractivity contribution in [2.75, 3.05) is 0 Å². The number of nitrogens with zero attached hydrogens (tertiary/aromatic N) is 4. The van der Waals surface area contributed by atoms with Gasteiger partial charge in [0.1, 0.15) is 0 Å². The fourth-order valence-corrected chi connectivity index (χ4v) is 7.22. The molecule has 0 bridgehead atoms. The second-order valence-corrected chi connectivity index (χ2v) is 11.6. The Morgan fingerprint density at radius 3 is 2.02 bits per heavy atom. The standard InChI is InChI=1S/C40H25N5/c1-2-10-26(11-3-1)44-34-16-8-5-12-27(34)30-24-25(18-20-36(30)44)31-22-23-41-40(43-31)45-35-17-9-6-14-29(35)39-37(45)21-19-33-38(39)28-13-4-7-15-32(28)42-33/h1-24,42H. The zero-order valence-electron chi connectivity index (χ0n) is 24.1. The van der Waals surface area contributed by atoms with Gasteiger partial charge in [-0.2, -0.15) is 0 Å². The number of fused-ring (bicyclic) bond motifs is 10. The molecule has 45 heavy (non-hydrogen) atoms. The maximum Gasteiger partial charge on any atom is 0.235 e. The van der Waals surface area contributed by atoms with Crippen molar-refractivity contribution in [3.8, 4) is 22.9 Å². The number of aromatic amines is 1. The van der Waals surface area contributed by atoms with Crippen molar-refractivity contribution >= 4 is 65.4 Å². The summed E-state index contributed by atoms with van der Waals surface area (Å²) in [5, 5.41) is 7.27. The van der Waals surface area contributed by atoms with Crippen LogP contribution in [0, 0.1) is 0 Å². The van der Waals surface area contributed by atoms with Crippen LogP contribution in [0.3, 0.4) is 0 Å². The first-order valence-corrected chi connectivity index (χ1v) is 15.2. The van der Waals surface area contributed by atoms with E-state index in [4.69, 9.17) is 9.97 Å². The van der Waals surface area contributed by atoms with Crippen molar-refractivity contribution in [1.82, 2.24) is 24.1 Å². The molecule has 0 saturated heterocycles. The van der Waals surface area contributed by atoms with Crippen LogP contribution in [0.25, 0.3) is 88.3 Å². The van der Waals surface area contributed by atoms with Crippen molar-refractivity contribution in [1.29, 1.82) is 0 Å². The molecule has 0 aliphatic carbocycles. The number of nitrogens with one attached hydrogen (secondary N) is 1. The van der Waals surface area contributed by atoms with E-state index in [1.54, 1.807) is 0 Å². The molecular formula is C40H25N5. The zero-order chi connectivity index (χ0) is 29.5. The minimum atomic E-state index is 0.657. The number of benzene rings is 6. The molecule has 0 radical (unpaired) electrons. The summed E-state index contributed by atoms with van der Waals surface area (Å²) in [6, 6.07) is 49.3. The number of para-hydroxylation sites is 4. The summed E-state index contributed by atoms with van der Waals surface area (Å²) in [6.45, 7) is 0. The van der Waals surface area contributed by atoms with Crippen LogP contribution in [0.1, 0.15) is 0 Å². The van der Waals surface area contributed by atoms with Gasteiger partial charge in [0, 0.05) is 60.8 Å². The zero-order valence-corrected chi connectivity index (χ0v) is 24.1. The van der Waals surface area contributed by atoms with Gasteiger partial charge < -0.3 is 9.55 Å². The van der Waals surface area contributed by atoms with Crippen LogP contribution in [-0.4, -0.2) is 24.1 Å². The molecule has 4 aromatic heterocycles. The van der Waals surface area contributed by atoms with Gasteiger partial charge in [0.2, 0.25) is 5.95 Å². The third-order valence-corrected chi connectivity index (χ3v) is 9.13. The van der Waals surface area contributed by atoms with Crippen LogP contribution in [0.5, 0.6) is 0 Å². The van der Waals surface area contributed by atoms with Gasteiger partial charge in [0.05, 0.1) is 27.8 Å². The maximum absolute atomic E-state index is 5.20. The average molecular weight is 576 g/mol. The van der Waals surface area contributed by atoms with Gasteiger partial charge in [-0.1, -0.05) is 78.9 Å². The van der Waals surface area contributed by atoms with Crippen molar-refractivity contribution in [2.24, 2.45) is 0 Å². The fraction of sp³-hybridized carbons (Fsp3) is 0. The molecule has 5 nitrogen and oxygen atoms in total. The SMILES string of the molecule is c1ccc(-n2c3ccccc3c3cc(-c4ccnc(-n5c6ccccc6c6c7c(ccc65)[nH]c5ccccc57)n4)ccc32)cc1. The van der Waals surface area contributed by atoms with Crippen molar-refractivity contribution in [3.05, 3.63) is 146 Å². The first-order valence-electron chi connectivity index (χ1n) is 15.2. The van der Waals surface area contributed by atoms with Gasteiger partial charge in [0.15, 0.2) is 0 Å².